The van der Waals surface area contributed by atoms with Gasteiger partial charge in [0, 0.05) is 26.2 Å². The lowest BCUT2D eigenvalue weighted by Crippen LogP contribution is -2.57. The zero-order valence-corrected chi connectivity index (χ0v) is 26.8. The molecule has 7 atom stereocenters. The van der Waals surface area contributed by atoms with Crippen molar-refractivity contribution in [3.8, 4) is 0 Å². The summed E-state index contributed by atoms with van der Waals surface area (Å²) >= 11 is 0. The van der Waals surface area contributed by atoms with Gasteiger partial charge < -0.3 is 24.5 Å². The van der Waals surface area contributed by atoms with Crippen molar-refractivity contribution in [3.05, 3.63) is 97.1 Å². The average Bonchev–Trinajstić information content (AvgIpc) is 3.56. The van der Waals surface area contributed by atoms with Crippen LogP contribution in [0.3, 0.4) is 0 Å². The minimum absolute atomic E-state index is 0.0964. The van der Waals surface area contributed by atoms with Crippen LogP contribution >= 0.6 is 0 Å². The Morgan fingerprint density at radius 3 is 2.27 bits per heavy atom. The fraction of sp³-hybridized carbons (Fsp3) is 0.486. The van der Waals surface area contributed by atoms with Gasteiger partial charge in [-0.25, -0.2) is 0 Å². The second-order valence-electron chi connectivity index (χ2n) is 13.0. The highest BCUT2D eigenvalue weighted by atomic mass is 16.5. The third kappa shape index (κ3) is 5.52. The van der Waals surface area contributed by atoms with Crippen molar-refractivity contribution >= 4 is 17.7 Å². The van der Waals surface area contributed by atoms with Crippen molar-refractivity contribution in [1.82, 2.24) is 14.7 Å². The summed E-state index contributed by atoms with van der Waals surface area (Å²) < 4.78 is 7.00. The van der Waals surface area contributed by atoms with Gasteiger partial charge in [-0.1, -0.05) is 93.1 Å². The Hall–Kier alpha value is -3.75. The summed E-state index contributed by atoms with van der Waals surface area (Å²) in [4.78, 5) is 49.4. The van der Waals surface area contributed by atoms with Gasteiger partial charge in [-0.3, -0.25) is 14.4 Å². The quantitative estimate of drug-likeness (QED) is 0.311. The van der Waals surface area contributed by atoms with E-state index in [1.54, 1.807) is 26.9 Å². The molecule has 2 aromatic carbocycles. The molecule has 3 heterocycles. The van der Waals surface area contributed by atoms with E-state index in [1.165, 1.54) is 0 Å². The van der Waals surface area contributed by atoms with Gasteiger partial charge in [-0.15, -0.1) is 13.2 Å². The number of carbonyl (C=O) groups excluding carboxylic acids is 3. The summed E-state index contributed by atoms with van der Waals surface area (Å²) in [5.74, 6) is -2.52. The Morgan fingerprint density at radius 1 is 1.04 bits per heavy atom. The van der Waals surface area contributed by atoms with Gasteiger partial charge in [0.2, 0.25) is 17.7 Å². The molecule has 5 rings (SSSR count). The lowest BCUT2D eigenvalue weighted by atomic mass is 9.62. The SMILES string of the molecule is C=CCN(CCCC)C(=O)C1N([C@H](CO)c2ccccc2)C(=O)[C@@H]2[C@H](C(=O)N(CC=C)Cc3ccccc3)[C@@]3(C)OC12CC3C. The van der Waals surface area contributed by atoms with Crippen molar-refractivity contribution < 1.29 is 24.2 Å². The molecule has 0 radical (unpaired) electrons. The highest BCUT2D eigenvalue weighted by Gasteiger charge is 2.80. The Bertz CT molecular complexity index is 1400. The van der Waals surface area contributed by atoms with E-state index in [0.717, 1.165) is 24.0 Å². The molecular weight excluding hydrogens is 566 g/mol. The summed E-state index contributed by atoms with van der Waals surface area (Å²) in [6, 6.07) is 17.3. The number of aliphatic hydroxyl groups excluding tert-OH is 1. The molecule has 2 aromatic rings. The summed E-state index contributed by atoms with van der Waals surface area (Å²) in [6.07, 6.45) is 5.55. The maximum absolute atomic E-state index is 14.9. The van der Waals surface area contributed by atoms with E-state index < -0.39 is 35.1 Å². The number of nitrogens with zero attached hydrogens (tertiary/aromatic N) is 3. The van der Waals surface area contributed by atoms with Gasteiger partial charge in [-0.05, 0) is 36.8 Å². The predicted octanol–water partition coefficient (Wildman–Crippen LogP) is 4.76. The minimum Gasteiger partial charge on any atom is -0.394 e. The van der Waals surface area contributed by atoms with E-state index in [9.17, 15) is 19.5 Å². The van der Waals surface area contributed by atoms with Crippen molar-refractivity contribution in [1.29, 1.82) is 0 Å². The van der Waals surface area contributed by atoms with E-state index in [-0.39, 0.29) is 30.2 Å². The number of benzene rings is 2. The number of ether oxygens (including phenoxy) is 1. The molecule has 8 heteroatoms. The van der Waals surface area contributed by atoms with Crippen molar-refractivity contribution in [2.45, 2.75) is 69.9 Å². The molecule has 3 amide bonds. The van der Waals surface area contributed by atoms with Gasteiger partial charge in [0.05, 0.1) is 30.1 Å². The molecule has 240 valence electrons. The second kappa shape index (κ2) is 13.3. The first-order valence-electron chi connectivity index (χ1n) is 16.2. The van der Waals surface area contributed by atoms with Crippen molar-refractivity contribution in [3.63, 3.8) is 0 Å². The highest BCUT2D eigenvalue weighted by molar-refractivity contribution is 5.99. The number of hydrogen-bond donors (Lipinski definition) is 1. The van der Waals surface area contributed by atoms with Crippen LogP contribution in [0.2, 0.25) is 0 Å². The Balaban J connectivity index is 1.63. The summed E-state index contributed by atoms with van der Waals surface area (Å²) in [5.41, 5.74) is -0.479. The first-order valence-corrected chi connectivity index (χ1v) is 16.2. The largest absolute Gasteiger partial charge is 0.394 e. The lowest BCUT2D eigenvalue weighted by molar-refractivity contribution is -0.158. The molecule has 45 heavy (non-hydrogen) atoms. The molecule has 1 N–H and O–H groups in total. The first kappa shape index (κ1) is 32.6. The van der Waals surface area contributed by atoms with E-state index in [1.807, 2.05) is 74.5 Å². The van der Waals surface area contributed by atoms with Crippen LogP contribution in [0.1, 0.15) is 57.2 Å². The topological polar surface area (TPSA) is 90.4 Å². The zero-order valence-electron chi connectivity index (χ0n) is 26.8. The van der Waals surface area contributed by atoms with Crippen LogP contribution in [-0.2, 0) is 25.7 Å². The number of carbonyl (C=O) groups is 3. The molecule has 2 bridgehead atoms. The van der Waals surface area contributed by atoms with E-state index in [4.69, 9.17) is 4.74 Å². The molecule has 0 aliphatic carbocycles. The number of hydrogen-bond acceptors (Lipinski definition) is 5. The number of rotatable bonds is 14. The summed E-state index contributed by atoms with van der Waals surface area (Å²) in [6.45, 7) is 15.0. The maximum atomic E-state index is 14.9. The van der Waals surface area contributed by atoms with Gasteiger partial charge >= 0.3 is 0 Å². The van der Waals surface area contributed by atoms with Gasteiger partial charge in [-0.2, -0.15) is 0 Å². The monoisotopic (exact) mass is 613 g/mol. The normalized spacial score (nSPS) is 28.9. The number of unbranched alkanes of at least 4 members (excludes halogenated alkanes) is 1. The number of aliphatic hydroxyl groups is 1. The fourth-order valence-electron chi connectivity index (χ4n) is 8.06. The lowest BCUT2D eigenvalue weighted by Gasteiger charge is -2.39. The van der Waals surface area contributed by atoms with Crippen LogP contribution in [-0.4, -0.2) is 81.0 Å². The molecule has 0 aromatic heterocycles. The van der Waals surface area contributed by atoms with Crippen LogP contribution in [0.15, 0.2) is 86.0 Å². The Kier molecular flexibility index (Phi) is 9.65. The van der Waals surface area contributed by atoms with Crippen LogP contribution < -0.4 is 0 Å². The smallest absolute Gasteiger partial charge is 0.248 e. The number of fused-ring (bicyclic) bond motifs is 1. The molecule has 3 unspecified atom stereocenters. The Labute approximate surface area is 267 Å². The summed E-state index contributed by atoms with van der Waals surface area (Å²) in [7, 11) is 0. The van der Waals surface area contributed by atoms with Gasteiger partial charge in [0.1, 0.15) is 11.6 Å². The molecule has 3 saturated heterocycles. The van der Waals surface area contributed by atoms with Crippen LogP contribution in [0.5, 0.6) is 0 Å². The third-order valence-corrected chi connectivity index (χ3v) is 10.3. The molecule has 8 nitrogen and oxygen atoms in total. The maximum Gasteiger partial charge on any atom is 0.248 e. The van der Waals surface area contributed by atoms with Gasteiger partial charge in [0.25, 0.3) is 0 Å². The predicted molar refractivity (Wildman–Crippen MR) is 174 cm³/mol. The average molecular weight is 614 g/mol. The van der Waals surface area contributed by atoms with Crippen LogP contribution in [0.4, 0.5) is 0 Å². The van der Waals surface area contributed by atoms with Crippen LogP contribution in [0, 0.1) is 17.8 Å². The molecule has 1 spiro atoms. The summed E-state index contributed by atoms with van der Waals surface area (Å²) in [5, 5.41) is 10.8. The first-order chi connectivity index (χ1) is 21.7. The molecular formula is C37H47N3O5. The van der Waals surface area contributed by atoms with Crippen molar-refractivity contribution in [2.75, 3.05) is 26.2 Å². The molecule has 0 saturated carbocycles. The fourth-order valence-corrected chi connectivity index (χ4v) is 8.06. The molecule has 3 fully saturated rings. The van der Waals surface area contributed by atoms with Gasteiger partial charge in [0.15, 0.2) is 0 Å². The third-order valence-electron chi connectivity index (χ3n) is 10.3. The van der Waals surface area contributed by atoms with Crippen molar-refractivity contribution in [2.24, 2.45) is 17.8 Å². The minimum atomic E-state index is -1.22. The van der Waals surface area contributed by atoms with Crippen LogP contribution in [0.25, 0.3) is 0 Å². The van der Waals surface area contributed by atoms with E-state index in [2.05, 4.69) is 20.1 Å². The van der Waals surface area contributed by atoms with E-state index >= 15 is 0 Å². The zero-order chi connectivity index (χ0) is 32.4. The molecule has 3 aliphatic heterocycles. The molecule has 3 aliphatic rings. The number of likely N-dealkylation sites (tertiary alicyclic amines) is 1. The second-order valence-corrected chi connectivity index (χ2v) is 13.0. The highest BCUT2D eigenvalue weighted by Crippen LogP contribution is 2.66. The Morgan fingerprint density at radius 2 is 1.67 bits per heavy atom. The standard InChI is InChI=1S/C37H47N3O5/c1-6-9-22-38(20-7-2)35(44)32-37-23-26(4)36(5,45-37)30(33(42)39(21-8-3)24-27-16-12-10-13-17-27)31(37)34(43)40(32)29(25-41)28-18-14-11-15-19-28/h7-8,10-19,26,29-32,41H,2-3,6,9,20-25H2,1,4-5H3/t26?,29-,30-,31+,32?,36+,37?/m1/s1. The number of amides is 3. The van der Waals surface area contributed by atoms with E-state index in [0.29, 0.717) is 32.6 Å².